The summed E-state index contributed by atoms with van der Waals surface area (Å²) in [5, 5.41) is 8.78. The van der Waals surface area contributed by atoms with Gasteiger partial charge in [-0.15, -0.1) is 0 Å². The van der Waals surface area contributed by atoms with Crippen LogP contribution in [0.5, 0.6) is 0 Å². The van der Waals surface area contributed by atoms with Crippen molar-refractivity contribution in [2.45, 2.75) is 45.1 Å². The van der Waals surface area contributed by atoms with Crippen LogP contribution in [0, 0.1) is 5.92 Å². The maximum absolute atomic E-state index is 6.39. The standard InChI is InChI=1S/C13H22ClN3/c1-4-10-13(14)12(17(3)16-10)8-11(15-2)9-6-5-7-9/h9,11,15H,4-8H2,1-3H3. The first-order valence-electron chi connectivity index (χ1n) is 6.54. The minimum atomic E-state index is 0.543. The van der Waals surface area contributed by atoms with Gasteiger partial charge in [0, 0.05) is 19.5 Å². The summed E-state index contributed by atoms with van der Waals surface area (Å²) in [6, 6.07) is 0.543. The zero-order chi connectivity index (χ0) is 12.4. The molecule has 1 saturated carbocycles. The van der Waals surface area contributed by atoms with E-state index in [2.05, 4.69) is 17.3 Å². The van der Waals surface area contributed by atoms with Gasteiger partial charge in [0.25, 0.3) is 0 Å². The Kier molecular flexibility index (Phi) is 4.10. The summed E-state index contributed by atoms with van der Waals surface area (Å²) < 4.78 is 1.95. The van der Waals surface area contributed by atoms with E-state index in [1.807, 2.05) is 18.8 Å². The number of hydrogen-bond donors (Lipinski definition) is 1. The summed E-state index contributed by atoms with van der Waals surface area (Å²) in [6.45, 7) is 2.10. The van der Waals surface area contributed by atoms with Crippen molar-refractivity contribution < 1.29 is 0 Å². The molecule has 1 aliphatic rings. The van der Waals surface area contributed by atoms with E-state index < -0.39 is 0 Å². The van der Waals surface area contributed by atoms with Gasteiger partial charge in [0.05, 0.1) is 16.4 Å². The van der Waals surface area contributed by atoms with Gasteiger partial charge < -0.3 is 5.32 Å². The Morgan fingerprint density at radius 2 is 2.24 bits per heavy atom. The lowest BCUT2D eigenvalue weighted by atomic mass is 9.78. The number of nitrogens with one attached hydrogen (secondary N) is 1. The van der Waals surface area contributed by atoms with Crippen LogP contribution >= 0.6 is 11.6 Å². The molecule has 1 atom stereocenters. The second kappa shape index (κ2) is 5.40. The van der Waals surface area contributed by atoms with Crippen LogP contribution in [0.15, 0.2) is 0 Å². The van der Waals surface area contributed by atoms with E-state index in [0.29, 0.717) is 6.04 Å². The Labute approximate surface area is 109 Å². The second-order valence-electron chi connectivity index (χ2n) is 4.97. The van der Waals surface area contributed by atoms with Crippen LogP contribution in [0.25, 0.3) is 0 Å². The van der Waals surface area contributed by atoms with Crippen molar-refractivity contribution in [1.82, 2.24) is 15.1 Å². The third-order valence-electron chi connectivity index (χ3n) is 4.01. The molecule has 17 heavy (non-hydrogen) atoms. The minimum Gasteiger partial charge on any atom is -0.316 e. The highest BCUT2D eigenvalue weighted by molar-refractivity contribution is 6.31. The topological polar surface area (TPSA) is 29.9 Å². The van der Waals surface area contributed by atoms with Crippen molar-refractivity contribution >= 4 is 11.6 Å². The van der Waals surface area contributed by atoms with Crippen LogP contribution in [-0.2, 0) is 19.9 Å². The number of likely N-dealkylation sites (N-methyl/N-ethyl adjacent to an activating group) is 1. The lowest BCUT2D eigenvalue weighted by Gasteiger charge is -2.33. The average molecular weight is 256 g/mol. The molecule has 0 spiro atoms. The highest BCUT2D eigenvalue weighted by Gasteiger charge is 2.28. The van der Waals surface area contributed by atoms with Gasteiger partial charge in [0.2, 0.25) is 0 Å². The first-order chi connectivity index (χ1) is 8.17. The third kappa shape index (κ3) is 2.50. The fourth-order valence-corrected chi connectivity index (χ4v) is 2.97. The molecule has 1 aliphatic carbocycles. The molecule has 0 saturated heterocycles. The maximum Gasteiger partial charge on any atom is 0.0850 e. The number of rotatable bonds is 5. The van der Waals surface area contributed by atoms with E-state index in [4.69, 9.17) is 11.6 Å². The molecule has 2 rings (SSSR count). The monoisotopic (exact) mass is 255 g/mol. The SMILES string of the molecule is CCc1nn(C)c(CC(NC)C2CCC2)c1Cl. The summed E-state index contributed by atoms with van der Waals surface area (Å²) >= 11 is 6.39. The molecule has 96 valence electrons. The largest absolute Gasteiger partial charge is 0.316 e. The smallest absolute Gasteiger partial charge is 0.0850 e. The van der Waals surface area contributed by atoms with Crippen LogP contribution in [0.1, 0.15) is 37.6 Å². The van der Waals surface area contributed by atoms with Gasteiger partial charge in [-0.05, 0) is 32.2 Å². The molecule has 0 bridgehead atoms. The summed E-state index contributed by atoms with van der Waals surface area (Å²) in [5.74, 6) is 0.816. The Hall–Kier alpha value is -0.540. The quantitative estimate of drug-likeness (QED) is 0.877. The number of halogens is 1. The van der Waals surface area contributed by atoms with Crippen LogP contribution in [-0.4, -0.2) is 22.9 Å². The van der Waals surface area contributed by atoms with Crippen molar-refractivity contribution in [3.63, 3.8) is 0 Å². The fraction of sp³-hybridized carbons (Fsp3) is 0.769. The van der Waals surface area contributed by atoms with Crippen LogP contribution in [0.4, 0.5) is 0 Å². The average Bonchev–Trinajstić information content (AvgIpc) is 2.52. The number of hydrogen-bond acceptors (Lipinski definition) is 2. The van der Waals surface area contributed by atoms with E-state index >= 15 is 0 Å². The Balaban J connectivity index is 2.13. The summed E-state index contributed by atoms with van der Waals surface area (Å²) in [5.41, 5.74) is 2.20. The van der Waals surface area contributed by atoms with Gasteiger partial charge in [-0.25, -0.2) is 0 Å². The Morgan fingerprint density at radius 3 is 2.65 bits per heavy atom. The van der Waals surface area contributed by atoms with Crippen molar-refractivity contribution in [2.24, 2.45) is 13.0 Å². The molecule has 0 aromatic carbocycles. The second-order valence-corrected chi connectivity index (χ2v) is 5.35. The molecule has 1 heterocycles. The zero-order valence-electron chi connectivity index (χ0n) is 11.0. The lowest BCUT2D eigenvalue weighted by molar-refractivity contribution is 0.233. The van der Waals surface area contributed by atoms with Gasteiger partial charge in [0.1, 0.15) is 0 Å². The van der Waals surface area contributed by atoms with Gasteiger partial charge >= 0.3 is 0 Å². The summed E-state index contributed by atoms with van der Waals surface area (Å²) in [4.78, 5) is 0. The number of nitrogens with zero attached hydrogens (tertiary/aromatic N) is 2. The Morgan fingerprint density at radius 1 is 1.53 bits per heavy atom. The summed E-state index contributed by atoms with van der Waals surface area (Å²) in [7, 11) is 4.04. The molecule has 1 N–H and O–H groups in total. The molecule has 0 radical (unpaired) electrons. The molecule has 3 nitrogen and oxygen atoms in total. The maximum atomic E-state index is 6.39. The molecular weight excluding hydrogens is 234 g/mol. The van der Waals surface area contributed by atoms with Crippen LogP contribution < -0.4 is 5.32 Å². The number of aromatic nitrogens is 2. The summed E-state index contributed by atoms with van der Waals surface area (Å²) in [6.07, 6.45) is 5.97. The fourth-order valence-electron chi connectivity index (χ4n) is 2.60. The van der Waals surface area contributed by atoms with E-state index in [9.17, 15) is 0 Å². The van der Waals surface area contributed by atoms with Gasteiger partial charge in [-0.2, -0.15) is 5.10 Å². The number of aryl methyl sites for hydroxylation is 2. The molecule has 1 unspecified atom stereocenters. The van der Waals surface area contributed by atoms with Crippen molar-refractivity contribution in [1.29, 1.82) is 0 Å². The van der Waals surface area contributed by atoms with Crippen LogP contribution in [0.3, 0.4) is 0 Å². The highest BCUT2D eigenvalue weighted by atomic mass is 35.5. The van der Waals surface area contributed by atoms with Crippen molar-refractivity contribution in [2.75, 3.05) is 7.05 Å². The van der Waals surface area contributed by atoms with E-state index in [1.54, 1.807) is 0 Å². The molecule has 4 heteroatoms. The highest BCUT2D eigenvalue weighted by Crippen LogP contribution is 2.32. The lowest BCUT2D eigenvalue weighted by Crippen LogP contribution is -2.39. The molecular formula is C13H22ClN3. The third-order valence-corrected chi connectivity index (χ3v) is 4.44. The van der Waals surface area contributed by atoms with E-state index in [1.165, 1.54) is 25.0 Å². The first-order valence-corrected chi connectivity index (χ1v) is 6.92. The molecule has 0 amide bonds. The molecule has 0 aliphatic heterocycles. The first kappa shape index (κ1) is 12.9. The van der Waals surface area contributed by atoms with Crippen molar-refractivity contribution in [3.05, 3.63) is 16.4 Å². The van der Waals surface area contributed by atoms with E-state index in [-0.39, 0.29) is 0 Å². The molecule has 1 aromatic heterocycles. The van der Waals surface area contributed by atoms with E-state index in [0.717, 1.165) is 29.5 Å². The van der Waals surface area contributed by atoms with Gasteiger partial charge in [-0.3, -0.25) is 4.68 Å². The Bertz CT molecular complexity index is 382. The van der Waals surface area contributed by atoms with Gasteiger partial charge in [-0.1, -0.05) is 24.9 Å². The molecule has 1 aromatic rings. The van der Waals surface area contributed by atoms with Gasteiger partial charge in [0.15, 0.2) is 0 Å². The zero-order valence-corrected chi connectivity index (χ0v) is 11.7. The minimum absolute atomic E-state index is 0.543. The van der Waals surface area contributed by atoms with Crippen LogP contribution in [0.2, 0.25) is 5.02 Å². The normalized spacial score (nSPS) is 18.1. The van der Waals surface area contributed by atoms with Crippen molar-refractivity contribution in [3.8, 4) is 0 Å². The predicted octanol–water partition coefficient (Wildman–Crippen LogP) is 2.57. The molecule has 1 fully saturated rings. The predicted molar refractivity (Wildman–Crippen MR) is 71.5 cm³/mol.